The average molecular weight is 621 g/mol. The second-order valence-electron chi connectivity index (χ2n) is 10.7. The number of carboxylic acid groups (broad SMARTS) is 1. The number of aryl methyl sites for hydroxylation is 2. The van der Waals surface area contributed by atoms with Gasteiger partial charge in [0.2, 0.25) is 0 Å². The number of hydrogen-bond acceptors (Lipinski definition) is 8. The summed E-state index contributed by atoms with van der Waals surface area (Å²) in [7, 11) is 0. The van der Waals surface area contributed by atoms with Crippen LogP contribution in [0.3, 0.4) is 0 Å². The van der Waals surface area contributed by atoms with Gasteiger partial charge in [-0.1, -0.05) is 30.3 Å². The van der Waals surface area contributed by atoms with Gasteiger partial charge in [0.05, 0.1) is 24.0 Å². The van der Waals surface area contributed by atoms with E-state index in [0.29, 0.717) is 28.6 Å². The maximum absolute atomic E-state index is 14.8. The molecule has 5 heterocycles. The van der Waals surface area contributed by atoms with E-state index in [1.54, 1.807) is 41.9 Å². The Hall–Kier alpha value is -5.56. The third kappa shape index (κ3) is 4.86. The van der Waals surface area contributed by atoms with Crippen molar-refractivity contribution < 1.29 is 19.1 Å². The summed E-state index contributed by atoms with van der Waals surface area (Å²) in [5.41, 5.74) is 5.51. The third-order valence-electron chi connectivity index (χ3n) is 7.84. The number of aliphatic carboxylic acids is 1. The number of carboxylic acids is 1. The first-order valence-electron chi connectivity index (χ1n) is 14.0. The quantitative estimate of drug-likeness (QED) is 0.243. The number of hydrogen-bond donors (Lipinski definition) is 2. The van der Waals surface area contributed by atoms with E-state index < -0.39 is 23.7 Å². The molecule has 0 fully saturated rings. The molecule has 224 valence electrons. The smallest absolute Gasteiger partial charge is 0.306 e. The number of fused-ring (bicyclic) bond motifs is 4. The molecule has 1 amide bonds. The fourth-order valence-electron chi connectivity index (χ4n) is 5.49. The molecule has 0 radical (unpaired) electrons. The maximum Gasteiger partial charge on any atom is 0.306 e. The Morgan fingerprint density at radius 2 is 1.80 bits per heavy atom. The zero-order valence-electron chi connectivity index (χ0n) is 24.3. The van der Waals surface area contributed by atoms with Gasteiger partial charge in [-0.05, 0) is 55.7 Å². The normalized spacial score (nSPS) is 14.0. The molecule has 2 aromatic carbocycles. The molecule has 1 aliphatic heterocycles. The Morgan fingerprint density at radius 1 is 1.04 bits per heavy atom. The molecule has 0 spiro atoms. The van der Waals surface area contributed by atoms with Crippen LogP contribution >= 0.6 is 11.3 Å². The van der Waals surface area contributed by atoms with Crippen LogP contribution < -0.4 is 5.32 Å². The van der Waals surface area contributed by atoms with E-state index in [1.807, 2.05) is 49.6 Å². The Balaban J connectivity index is 1.24. The van der Waals surface area contributed by atoms with E-state index in [-0.39, 0.29) is 17.7 Å². The number of halogens is 1. The molecule has 13 heteroatoms. The first kappa shape index (κ1) is 28.2. The number of thiophene rings is 1. The molecule has 6 aromatic rings. The van der Waals surface area contributed by atoms with Crippen molar-refractivity contribution in [2.45, 2.75) is 33.2 Å². The number of aromatic nitrogens is 6. The maximum atomic E-state index is 14.8. The number of rotatable bonds is 6. The molecule has 1 aliphatic rings. The Bertz CT molecular complexity index is 2180. The summed E-state index contributed by atoms with van der Waals surface area (Å²) in [5.74, 6) is -0.944. The molecule has 7 rings (SSSR count). The van der Waals surface area contributed by atoms with Crippen LogP contribution in [0.25, 0.3) is 21.8 Å². The highest BCUT2D eigenvalue weighted by Crippen LogP contribution is 2.39. The number of carbonyl (C=O) groups is 2. The standard InChI is InChI=1S/C32H25FN8O3S/c1-16-17(2)45-32-27(16)28(36-25(14-26(42)43)30-39-38-18(3)41(30)32)20-7-5-19(6-8-20)21-9-10-23(33)24(13-21)37-31(44)22-15-35-40-12-4-11-34-29(22)40/h4-13,15,25H,14H2,1-3H3,(H,37,44)(H,42,43)/t25-/m0/s1. The lowest BCUT2D eigenvalue weighted by molar-refractivity contribution is -0.137. The Kier molecular flexibility index (Phi) is 6.81. The zero-order chi connectivity index (χ0) is 31.4. The van der Waals surface area contributed by atoms with Crippen LogP contribution in [0.15, 0.2) is 72.1 Å². The van der Waals surface area contributed by atoms with Crippen LogP contribution in [0.5, 0.6) is 0 Å². The molecule has 0 aliphatic carbocycles. The van der Waals surface area contributed by atoms with Crippen molar-refractivity contribution in [1.29, 1.82) is 0 Å². The van der Waals surface area contributed by atoms with Gasteiger partial charge in [0, 0.05) is 28.4 Å². The Morgan fingerprint density at radius 3 is 2.58 bits per heavy atom. The van der Waals surface area contributed by atoms with Crippen molar-refractivity contribution in [3.05, 3.63) is 112 Å². The van der Waals surface area contributed by atoms with Crippen molar-refractivity contribution in [3.63, 3.8) is 0 Å². The largest absolute Gasteiger partial charge is 0.481 e. The first-order chi connectivity index (χ1) is 21.7. The van der Waals surface area contributed by atoms with Crippen LogP contribution in [0, 0.1) is 26.6 Å². The van der Waals surface area contributed by atoms with E-state index in [0.717, 1.165) is 32.1 Å². The van der Waals surface area contributed by atoms with Gasteiger partial charge in [0.15, 0.2) is 11.5 Å². The molecule has 1 atom stereocenters. The number of benzene rings is 2. The minimum Gasteiger partial charge on any atom is -0.481 e. The molecule has 11 nitrogen and oxygen atoms in total. The molecule has 45 heavy (non-hydrogen) atoms. The molecule has 0 saturated carbocycles. The highest BCUT2D eigenvalue weighted by molar-refractivity contribution is 7.15. The third-order valence-corrected chi connectivity index (χ3v) is 9.03. The van der Waals surface area contributed by atoms with Crippen LogP contribution in [0.1, 0.15) is 56.0 Å². The molecule has 0 bridgehead atoms. The number of carbonyl (C=O) groups excluding carboxylic acids is 1. The number of nitrogens with one attached hydrogen (secondary N) is 1. The fourth-order valence-corrected chi connectivity index (χ4v) is 6.70. The van der Waals surface area contributed by atoms with Gasteiger partial charge in [-0.15, -0.1) is 21.5 Å². The second kappa shape index (κ2) is 10.9. The summed E-state index contributed by atoms with van der Waals surface area (Å²) in [5, 5.41) is 25.9. The first-order valence-corrected chi connectivity index (χ1v) is 14.8. The number of aliphatic imine (C=N–C) groups is 1. The van der Waals surface area contributed by atoms with Gasteiger partial charge in [-0.2, -0.15) is 5.10 Å². The highest BCUT2D eigenvalue weighted by Gasteiger charge is 2.32. The summed E-state index contributed by atoms with van der Waals surface area (Å²) < 4.78 is 18.2. The van der Waals surface area contributed by atoms with E-state index in [4.69, 9.17) is 4.99 Å². The predicted molar refractivity (Wildman–Crippen MR) is 167 cm³/mol. The number of amides is 1. The lowest BCUT2D eigenvalue weighted by atomic mass is 9.97. The summed E-state index contributed by atoms with van der Waals surface area (Å²) in [6.45, 7) is 5.92. The topological polar surface area (TPSA) is 140 Å². The predicted octanol–water partition coefficient (Wildman–Crippen LogP) is 5.72. The van der Waals surface area contributed by atoms with Crippen LogP contribution in [-0.2, 0) is 4.79 Å². The zero-order valence-corrected chi connectivity index (χ0v) is 25.1. The van der Waals surface area contributed by atoms with Gasteiger partial charge >= 0.3 is 5.97 Å². The van der Waals surface area contributed by atoms with Crippen molar-refractivity contribution in [1.82, 2.24) is 29.4 Å². The number of nitrogens with zero attached hydrogens (tertiary/aromatic N) is 7. The summed E-state index contributed by atoms with van der Waals surface area (Å²) in [4.78, 5) is 35.1. The molecule has 2 N–H and O–H groups in total. The molecular weight excluding hydrogens is 595 g/mol. The van der Waals surface area contributed by atoms with E-state index >= 15 is 0 Å². The van der Waals surface area contributed by atoms with Gasteiger partial charge < -0.3 is 10.4 Å². The van der Waals surface area contributed by atoms with Crippen molar-refractivity contribution in [3.8, 4) is 16.1 Å². The molecular formula is C32H25FN8O3S. The highest BCUT2D eigenvalue weighted by atomic mass is 32.1. The number of anilines is 1. The van der Waals surface area contributed by atoms with Gasteiger partial charge in [-0.3, -0.25) is 19.1 Å². The van der Waals surface area contributed by atoms with Crippen LogP contribution in [0.4, 0.5) is 10.1 Å². The van der Waals surface area contributed by atoms with Crippen LogP contribution in [0.2, 0.25) is 0 Å². The van der Waals surface area contributed by atoms with Crippen molar-refractivity contribution in [2.75, 3.05) is 5.32 Å². The van der Waals surface area contributed by atoms with Crippen molar-refractivity contribution in [2.24, 2.45) is 4.99 Å². The van der Waals surface area contributed by atoms with E-state index in [1.165, 1.54) is 16.8 Å². The summed E-state index contributed by atoms with van der Waals surface area (Å²) >= 11 is 1.59. The van der Waals surface area contributed by atoms with Gasteiger partial charge in [0.1, 0.15) is 28.2 Å². The minimum absolute atomic E-state index is 0.0222. The van der Waals surface area contributed by atoms with Crippen LogP contribution in [-0.4, -0.2) is 52.1 Å². The lowest BCUT2D eigenvalue weighted by Crippen LogP contribution is -2.13. The molecule has 0 saturated heterocycles. The summed E-state index contributed by atoms with van der Waals surface area (Å²) in [6, 6.07) is 13.1. The fraction of sp³-hybridized carbons (Fsp3) is 0.156. The Labute approximate surface area is 259 Å². The summed E-state index contributed by atoms with van der Waals surface area (Å²) in [6.07, 6.45) is 4.38. The van der Waals surface area contributed by atoms with Crippen molar-refractivity contribution >= 4 is 40.3 Å². The lowest BCUT2D eigenvalue weighted by Gasteiger charge is -2.12. The van der Waals surface area contributed by atoms with Gasteiger partial charge in [-0.25, -0.2) is 13.9 Å². The van der Waals surface area contributed by atoms with E-state index in [9.17, 15) is 19.1 Å². The monoisotopic (exact) mass is 620 g/mol. The second-order valence-corrected chi connectivity index (χ2v) is 11.9. The minimum atomic E-state index is -0.985. The average Bonchev–Trinajstić information content (AvgIpc) is 3.69. The molecule has 4 aromatic heterocycles. The van der Waals surface area contributed by atoms with E-state index in [2.05, 4.69) is 25.6 Å². The SMILES string of the molecule is Cc1sc2c(c1C)C(c1ccc(-c3ccc(F)c(NC(=O)c4cnn5cccnc45)c3)cc1)=N[C@@H](CC(=O)O)c1nnc(C)n1-2. The van der Waals surface area contributed by atoms with Gasteiger partial charge in [0.25, 0.3) is 5.91 Å². The molecule has 0 unspecified atom stereocenters.